The fourth-order valence-electron chi connectivity index (χ4n) is 3.94. The minimum atomic E-state index is -4.84. The third-order valence-corrected chi connectivity index (χ3v) is 6.72. The Kier molecular flexibility index (Phi) is 7.85. The number of rotatable bonds is 5. The van der Waals surface area contributed by atoms with E-state index in [1.54, 1.807) is 18.2 Å². The highest BCUT2D eigenvalue weighted by Gasteiger charge is 2.42. The van der Waals surface area contributed by atoms with Gasteiger partial charge in [0, 0.05) is 10.6 Å². The Hall–Kier alpha value is -4.42. The normalized spacial score (nSPS) is 12.8. The Morgan fingerprint density at radius 1 is 0.900 bits per heavy atom. The van der Waals surface area contributed by atoms with Crippen LogP contribution < -0.4 is 22.1 Å². The van der Waals surface area contributed by atoms with Gasteiger partial charge in [0.2, 0.25) is 0 Å². The first kappa shape index (κ1) is 28.6. The molecule has 14 heteroatoms. The summed E-state index contributed by atoms with van der Waals surface area (Å²) < 4.78 is 42.0. The maximum atomic E-state index is 13.7. The summed E-state index contributed by atoms with van der Waals surface area (Å²) in [5.74, 6) is -1.60. The molecular weight excluding hydrogens is 574 g/mol. The molecule has 40 heavy (non-hydrogen) atoms. The number of carbonyl (C=O) groups is 2. The molecule has 1 aromatic heterocycles. The molecular formula is C26H18Cl2F3N5O4. The van der Waals surface area contributed by atoms with E-state index in [0.717, 1.165) is 23.0 Å². The van der Waals surface area contributed by atoms with Crippen molar-refractivity contribution in [1.82, 2.24) is 25.6 Å². The van der Waals surface area contributed by atoms with Crippen molar-refractivity contribution in [2.24, 2.45) is 0 Å². The molecule has 3 N–H and O–H groups in total. The molecule has 1 heterocycles. The largest absolute Gasteiger partial charge is 0.417 e. The molecule has 9 nitrogen and oxygen atoms in total. The predicted octanol–water partition coefficient (Wildman–Crippen LogP) is 4.01. The number of halogens is 5. The molecule has 1 atom stereocenters. The average molecular weight is 592 g/mol. The summed E-state index contributed by atoms with van der Waals surface area (Å²) in [6.45, 7) is 1.31. The Morgan fingerprint density at radius 3 is 2.23 bits per heavy atom. The van der Waals surface area contributed by atoms with Crippen LogP contribution in [0.4, 0.5) is 13.2 Å². The molecule has 1 unspecified atom stereocenters. The number of hydrazine groups is 1. The summed E-state index contributed by atoms with van der Waals surface area (Å²) in [5.41, 5.74) is 0.00432. The van der Waals surface area contributed by atoms with Crippen molar-refractivity contribution in [3.8, 4) is 5.69 Å². The molecule has 4 aromatic rings. The van der Waals surface area contributed by atoms with Gasteiger partial charge in [0.05, 0.1) is 21.7 Å². The quantitative estimate of drug-likeness (QED) is 0.302. The smallest absolute Gasteiger partial charge is 0.272 e. The number of aromatic nitrogens is 3. The van der Waals surface area contributed by atoms with Crippen LogP contribution in [0.5, 0.6) is 0 Å². The van der Waals surface area contributed by atoms with Gasteiger partial charge in [-0.15, -0.1) is 0 Å². The van der Waals surface area contributed by atoms with Crippen LogP contribution in [0, 0.1) is 0 Å². The summed E-state index contributed by atoms with van der Waals surface area (Å²) in [6.07, 6.45) is -3.97. The monoisotopic (exact) mass is 591 g/mol. The summed E-state index contributed by atoms with van der Waals surface area (Å²) >= 11 is 12.3. The number of nitrogens with zero attached hydrogens (tertiary/aromatic N) is 2. The lowest BCUT2D eigenvalue weighted by atomic mass is 9.75. The molecule has 0 fully saturated rings. The van der Waals surface area contributed by atoms with Crippen LogP contribution >= 0.6 is 23.2 Å². The van der Waals surface area contributed by atoms with Crippen molar-refractivity contribution in [3.05, 3.63) is 126 Å². The SMILES string of the molecule is CC(C(=O)NNC(=O)c1ccccc1)(c1ccc(Cl)c(C(F)(F)F)c1)c1ccc(-n2ncc(=O)[nH]c2=O)cc1Cl. The topological polar surface area (TPSA) is 126 Å². The molecule has 0 bridgehead atoms. The van der Waals surface area contributed by atoms with E-state index in [2.05, 4.69) is 16.0 Å². The molecule has 4 rings (SSSR count). The maximum absolute atomic E-state index is 13.7. The molecule has 0 saturated heterocycles. The maximum Gasteiger partial charge on any atom is 0.417 e. The van der Waals surface area contributed by atoms with E-state index in [0.29, 0.717) is 0 Å². The number of aromatic amines is 1. The Labute approximate surface area is 233 Å². The van der Waals surface area contributed by atoms with Crippen molar-refractivity contribution in [3.63, 3.8) is 0 Å². The van der Waals surface area contributed by atoms with Crippen molar-refractivity contribution in [2.45, 2.75) is 18.5 Å². The van der Waals surface area contributed by atoms with Gasteiger partial charge in [0.15, 0.2) is 0 Å². The Bertz CT molecular complexity index is 1720. The molecule has 0 aliphatic carbocycles. The van der Waals surface area contributed by atoms with Gasteiger partial charge in [-0.1, -0.05) is 53.5 Å². The lowest BCUT2D eigenvalue weighted by molar-refractivity contribution is -0.137. The van der Waals surface area contributed by atoms with Crippen LogP contribution in [0.3, 0.4) is 0 Å². The van der Waals surface area contributed by atoms with E-state index in [-0.39, 0.29) is 27.4 Å². The third kappa shape index (κ3) is 5.63. The highest BCUT2D eigenvalue weighted by molar-refractivity contribution is 6.32. The van der Waals surface area contributed by atoms with Crippen molar-refractivity contribution < 1.29 is 22.8 Å². The van der Waals surface area contributed by atoms with Crippen LogP contribution in [-0.2, 0) is 16.4 Å². The van der Waals surface area contributed by atoms with Crippen LogP contribution in [0.1, 0.15) is 34.0 Å². The van der Waals surface area contributed by atoms with Gasteiger partial charge in [-0.2, -0.15) is 23.0 Å². The first-order valence-electron chi connectivity index (χ1n) is 11.3. The summed E-state index contributed by atoms with van der Waals surface area (Å²) in [4.78, 5) is 51.7. The van der Waals surface area contributed by atoms with Gasteiger partial charge >= 0.3 is 11.9 Å². The number of hydrogen-bond acceptors (Lipinski definition) is 5. The van der Waals surface area contributed by atoms with E-state index in [9.17, 15) is 32.3 Å². The van der Waals surface area contributed by atoms with Gasteiger partial charge in [0.1, 0.15) is 6.20 Å². The lowest BCUT2D eigenvalue weighted by Crippen LogP contribution is -2.51. The number of alkyl halides is 3. The van der Waals surface area contributed by atoms with Gasteiger partial charge in [0.25, 0.3) is 17.4 Å². The van der Waals surface area contributed by atoms with Crippen LogP contribution in [-0.4, -0.2) is 26.6 Å². The zero-order valence-corrected chi connectivity index (χ0v) is 21.9. The second kappa shape index (κ2) is 11.0. The first-order chi connectivity index (χ1) is 18.8. The average Bonchev–Trinajstić information content (AvgIpc) is 2.91. The van der Waals surface area contributed by atoms with Crippen LogP contribution in [0.15, 0.2) is 82.5 Å². The highest BCUT2D eigenvalue weighted by atomic mass is 35.5. The van der Waals surface area contributed by atoms with Gasteiger partial charge < -0.3 is 0 Å². The number of amides is 2. The van der Waals surface area contributed by atoms with E-state index in [4.69, 9.17) is 23.2 Å². The van der Waals surface area contributed by atoms with E-state index >= 15 is 0 Å². The number of carbonyl (C=O) groups excluding carboxylic acids is 2. The summed E-state index contributed by atoms with van der Waals surface area (Å²) in [6, 6.07) is 14.8. The molecule has 3 aromatic carbocycles. The third-order valence-electron chi connectivity index (χ3n) is 6.08. The minimum Gasteiger partial charge on any atom is -0.272 e. The summed E-state index contributed by atoms with van der Waals surface area (Å²) in [5, 5.41) is 3.02. The van der Waals surface area contributed by atoms with Gasteiger partial charge in [-0.3, -0.25) is 30.2 Å². The molecule has 206 valence electrons. The standard InChI is InChI=1S/C26H18Cl2F3N5O4/c1-25(15-7-10-19(27)18(11-15)26(29,30)31,23(39)35-34-22(38)14-5-3-2-4-6-14)17-9-8-16(12-20(17)28)36-24(40)33-21(37)13-32-36/h2-13H,1H3,(H,34,38)(H,35,39)(H,33,37,40). The molecule has 0 spiro atoms. The summed E-state index contributed by atoms with van der Waals surface area (Å²) in [7, 11) is 0. The van der Waals surface area contributed by atoms with Crippen molar-refractivity contribution in [1.29, 1.82) is 0 Å². The first-order valence-corrected chi connectivity index (χ1v) is 12.1. The van der Waals surface area contributed by atoms with Crippen LogP contribution in [0.25, 0.3) is 5.69 Å². The van der Waals surface area contributed by atoms with E-state index < -0.39 is 45.2 Å². The molecule has 0 radical (unpaired) electrons. The molecule has 0 saturated carbocycles. The lowest BCUT2D eigenvalue weighted by Gasteiger charge is -2.31. The van der Waals surface area contributed by atoms with E-state index in [1.807, 2.05) is 4.98 Å². The number of nitrogens with one attached hydrogen (secondary N) is 3. The van der Waals surface area contributed by atoms with Crippen molar-refractivity contribution in [2.75, 3.05) is 0 Å². The zero-order chi connectivity index (χ0) is 29.2. The Balaban J connectivity index is 1.81. The number of hydrogen-bond donors (Lipinski definition) is 3. The number of benzene rings is 3. The minimum absolute atomic E-state index is 0.0253. The van der Waals surface area contributed by atoms with Gasteiger partial charge in [-0.05, 0) is 54.4 Å². The second-order valence-electron chi connectivity index (χ2n) is 8.61. The predicted molar refractivity (Wildman–Crippen MR) is 140 cm³/mol. The van der Waals surface area contributed by atoms with Crippen molar-refractivity contribution >= 4 is 35.0 Å². The highest BCUT2D eigenvalue weighted by Crippen LogP contribution is 2.42. The molecule has 2 amide bonds. The van der Waals surface area contributed by atoms with Crippen LogP contribution in [0.2, 0.25) is 10.0 Å². The van der Waals surface area contributed by atoms with E-state index in [1.165, 1.54) is 43.3 Å². The fraction of sp³-hybridized carbons (Fsp3) is 0.115. The fourth-order valence-corrected chi connectivity index (χ4v) is 4.53. The zero-order valence-electron chi connectivity index (χ0n) is 20.3. The van der Waals surface area contributed by atoms with Gasteiger partial charge in [-0.25, -0.2) is 4.79 Å². The second-order valence-corrected chi connectivity index (χ2v) is 9.42. The molecule has 0 aliphatic rings. The Morgan fingerprint density at radius 2 is 1.60 bits per heavy atom. The number of H-pyrrole nitrogens is 1. The molecule has 0 aliphatic heterocycles.